The monoisotopic (exact) mass is 464 g/mol. The maximum absolute atomic E-state index is 13.2. The summed E-state index contributed by atoms with van der Waals surface area (Å²) < 4.78 is 33.0. The molecule has 0 radical (unpaired) electrons. The van der Waals surface area contributed by atoms with Crippen molar-refractivity contribution in [2.75, 3.05) is 0 Å². The Morgan fingerprint density at radius 3 is 2.12 bits per heavy atom. The third kappa shape index (κ3) is 5.16. The third-order valence-corrected chi connectivity index (χ3v) is 6.77. The Kier molecular flexibility index (Phi) is 6.55. The highest BCUT2D eigenvalue weighted by molar-refractivity contribution is 8.18. The molecular formula is C24H20N2O4S2. The molecular weight excluding hydrogens is 444 g/mol. The van der Waals surface area contributed by atoms with Crippen LogP contribution in [0.1, 0.15) is 16.7 Å². The van der Waals surface area contributed by atoms with E-state index in [2.05, 4.69) is 4.99 Å². The van der Waals surface area contributed by atoms with Crippen molar-refractivity contribution in [2.45, 2.75) is 18.0 Å². The highest BCUT2D eigenvalue weighted by Gasteiger charge is 2.33. The third-order valence-electron chi connectivity index (χ3n) is 4.79. The fourth-order valence-corrected chi connectivity index (χ4v) is 4.89. The Balaban J connectivity index is 1.70. The topological polar surface area (TPSA) is 87.0 Å². The average Bonchev–Trinajstić information content (AvgIpc) is 3.08. The van der Waals surface area contributed by atoms with Crippen LogP contribution in [0.15, 0.2) is 99.7 Å². The molecule has 0 aromatic heterocycles. The molecule has 1 saturated heterocycles. The van der Waals surface area contributed by atoms with Crippen molar-refractivity contribution in [1.29, 1.82) is 0 Å². The second-order valence-corrected chi connectivity index (χ2v) is 9.48. The van der Waals surface area contributed by atoms with Gasteiger partial charge >= 0.3 is 0 Å². The van der Waals surface area contributed by atoms with Crippen molar-refractivity contribution in [3.05, 3.63) is 107 Å². The molecule has 6 nitrogen and oxygen atoms in total. The summed E-state index contributed by atoms with van der Waals surface area (Å²) in [5.74, 6) is -0.268. The van der Waals surface area contributed by atoms with Crippen LogP contribution >= 0.6 is 11.8 Å². The van der Waals surface area contributed by atoms with E-state index in [1.807, 2.05) is 60.7 Å². The van der Waals surface area contributed by atoms with E-state index in [1.54, 1.807) is 17.0 Å². The standard InChI is InChI=1S/C24H20N2O4S2/c27-23-21(15-20-13-7-8-14-22(20)32(28,29)30)31-24(25-16-18-9-3-1-4-10-18)26(23)17-19-11-5-2-6-12-19/h1-15H,16-17H2,(H,28,29,30)/b21-15-,25-24?. The largest absolute Gasteiger partial charge is 0.295 e. The van der Waals surface area contributed by atoms with Crippen LogP contribution in [0.5, 0.6) is 0 Å². The number of benzene rings is 3. The van der Waals surface area contributed by atoms with E-state index < -0.39 is 10.1 Å². The van der Waals surface area contributed by atoms with Crippen LogP contribution in [0, 0.1) is 0 Å². The van der Waals surface area contributed by atoms with Gasteiger partial charge in [0.05, 0.1) is 18.0 Å². The summed E-state index contributed by atoms with van der Waals surface area (Å²) >= 11 is 1.19. The number of nitrogens with zero attached hydrogens (tertiary/aromatic N) is 2. The van der Waals surface area contributed by atoms with E-state index in [4.69, 9.17) is 0 Å². The second kappa shape index (κ2) is 9.52. The molecule has 0 unspecified atom stereocenters. The summed E-state index contributed by atoms with van der Waals surface area (Å²) in [5, 5.41) is 0.540. The summed E-state index contributed by atoms with van der Waals surface area (Å²) in [6.45, 7) is 0.758. The van der Waals surface area contributed by atoms with Gasteiger partial charge in [0.15, 0.2) is 5.17 Å². The highest BCUT2D eigenvalue weighted by atomic mass is 32.2. The van der Waals surface area contributed by atoms with E-state index in [9.17, 15) is 17.8 Å². The summed E-state index contributed by atoms with van der Waals surface area (Å²) in [7, 11) is -4.42. The van der Waals surface area contributed by atoms with E-state index >= 15 is 0 Å². The summed E-state index contributed by atoms with van der Waals surface area (Å²) in [4.78, 5) is 19.6. The fraction of sp³-hybridized carbons (Fsp3) is 0.0833. The van der Waals surface area contributed by atoms with Crippen molar-refractivity contribution in [1.82, 2.24) is 4.90 Å². The SMILES string of the molecule is O=C1/C(=C/c2ccccc2S(=O)(=O)O)SC(=NCc2ccccc2)N1Cc1ccccc1. The molecule has 1 aliphatic rings. The lowest BCUT2D eigenvalue weighted by atomic mass is 10.2. The van der Waals surface area contributed by atoms with Crippen LogP contribution in [0.2, 0.25) is 0 Å². The van der Waals surface area contributed by atoms with E-state index in [0.29, 0.717) is 23.2 Å². The first kappa shape index (κ1) is 22.0. The Hall–Kier alpha value is -3.20. The highest BCUT2D eigenvalue weighted by Crippen LogP contribution is 2.35. The number of amidine groups is 1. The van der Waals surface area contributed by atoms with Crippen LogP contribution in [0.4, 0.5) is 0 Å². The zero-order valence-electron chi connectivity index (χ0n) is 17.0. The lowest BCUT2D eigenvalue weighted by Crippen LogP contribution is -2.28. The Bertz CT molecular complexity index is 1290. The molecule has 1 fully saturated rings. The van der Waals surface area contributed by atoms with Crippen LogP contribution in [-0.2, 0) is 28.0 Å². The van der Waals surface area contributed by atoms with E-state index in [-0.39, 0.29) is 16.4 Å². The minimum absolute atomic E-state index is 0.245. The van der Waals surface area contributed by atoms with Gasteiger partial charge < -0.3 is 0 Å². The maximum atomic E-state index is 13.2. The van der Waals surface area contributed by atoms with Gasteiger partial charge in [0.25, 0.3) is 16.0 Å². The number of carbonyl (C=O) groups excluding carboxylic acids is 1. The minimum atomic E-state index is -4.42. The maximum Gasteiger partial charge on any atom is 0.295 e. The molecule has 0 atom stereocenters. The summed E-state index contributed by atoms with van der Waals surface area (Å²) in [5.41, 5.74) is 2.21. The van der Waals surface area contributed by atoms with Gasteiger partial charge in [-0.05, 0) is 40.6 Å². The number of hydrogen-bond acceptors (Lipinski definition) is 5. The van der Waals surface area contributed by atoms with Crippen LogP contribution in [0.3, 0.4) is 0 Å². The van der Waals surface area contributed by atoms with E-state index in [1.165, 1.54) is 30.0 Å². The number of rotatable bonds is 6. The van der Waals surface area contributed by atoms with Gasteiger partial charge in [0.2, 0.25) is 0 Å². The molecule has 0 bridgehead atoms. The molecule has 0 aliphatic carbocycles. The van der Waals surface area contributed by atoms with Gasteiger partial charge in [-0.25, -0.2) is 0 Å². The summed E-state index contributed by atoms with van der Waals surface area (Å²) in [6.07, 6.45) is 1.49. The van der Waals surface area contributed by atoms with Gasteiger partial charge in [0.1, 0.15) is 4.90 Å². The van der Waals surface area contributed by atoms with Gasteiger partial charge in [-0.3, -0.25) is 19.2 Å². The lowest BCUT2D eigenvalue weighted by Gasteiger charge is -2.15. The first-order valence-corrected chi connectivity index (χ1v) is 12.1. The zero-order chi connectivity index (χ0) is 22.6. The molecule has 8 heteroatoms. The summed E-state index contributed by atoms with van der Waals surface area (Å²) in [6, 6.07) is 25.3. The van der Waals surface area contributed by atoms with Crippen LogP contribution < -0.4 is 0 Å². The first-order valence-electron chi connectivity index (χ1n) is 9.82. The molecule has 0 saturated carbocycles. The Morgan fingerprint density at radius 1 is 0.875 bits per heavy atom. The van der Waals surface area contributed by atoms with Crippen LogP contribution in [0.25, 0.3) is 6.08 Å². The Morgan fingerprint density at radius 2 is 1.47 bits per heavy atom. The smallest absolute Gasteiger partial charge is 0.282 e. The first-order chi connectivity index (χ1) is 15.4. The van der Waals surface area contributed by atoms with Crippen molar-refractivity contribution >= 4 is 39.0 Å². The van der Waals surface area contributed by atoms with Crippen molar-refractivity contribution < 1.29 is 17.8 Å². The minimum Gasteiger partial charge on any atom is -0.282 e. The number of amides is 1. The molecule has 1 N–H and O–H groups in total. The van der Waals surface area contributed by atoms with Crippen molar-refractivity contribution in [3.63, 3.8) is 0 Å². The number of hydrogen-bond donors (Lipinski definition) is 1. The second-order valence-electron chi connectivity index (χ2n) is 7.08. The lowest BCUT2D eigenvalue weighted by molar-refractivity contribution is -0.122. The predicted molar refractivity (Wildman–Crippen MR) is 126 cm³/mol. The average molecular weight is 465 g/mol. The van der Waals surface area contributed by atoms with E-state index in [0.717, 1.165) is 11.1 Å². The molecule has 32 heavy (non-hydrogen) atoms. The molecule has 1 aliphatic heterocycles. The molecule has 1 amide bonds. The molecule has 1 heterocycles. The number of carbonyl (C=O) groups is 1. The quantitative estimate of drug-likeness (QED) is 0.425. The van der Waals surface area contributed by atoms with Gasteiger partial charge in [-0.1, -0.05) is 78.9 Å². The molecule has 3 aromatic rings. The Labute approximate surface area is 191 Å². The number of thioether (sulfide) groups is 1. The zero-order valence-corrected chi connectivity index (χ0v) is 18.6. The van der Waals surface area contributed by atoms with Gasteiger partial charge in [-0.2, -0.15) is 8.42 Å². The normalized spacial score (nSPS) is 16.8. The van der Waals surface area contributed by atoms with Crippen molar-refractivity contribution in [2.24, 2.45) is 4.99 Å². The van der Waals surface area contributed by atoms with Crippen molar-refractivity contribution in [3.8, 4) is 0 Å². The molecule has 162 valence electrons. The van der Waals surface area contributed by atoms with Crippen LogP contribution in [-0.4, -0.2) is 28.9 Å². The molecule has 0 spiro atoms. The number of aliphatic imine (C=N–C) groups is 1. The fourth-order valence-electron chi connectivity index (χ4n) is 3.25. The molecule has 3 aromatic carbocycles. The van der Waals surface area contributed by atoms with Gasteiger partial charge in [-0.15, -0.1) is 0 Å². The van der Waals surface area contributed by atoms with Gasteiger partial charge in [0, 0.05) is 0 Å². The predicted octanol–water partition coefficient (Wildman–Crippen LogP) is 4.61. The molecule has 4 rings (SSSR count).